The van der Waals surface area contributed by atoms with E-state index < -0.39 is 17.5 Å². The van der Waals surface area contributed by atoms with E-state index in [1.54, 1.807) is 25.1 Å². The van der Waals surface area contributed by atoms with Crippen molar-refractivity contribution in [1.29, 1.82) is 5.26 Å². The summed E-state index contributed by atoms with van der Waals surface area (Å²) >= 11 is 0. The number of nitrogens with one attached hydrogen (secondary N) is 1. The molecule has 0 spiro atoms. The molecular weight excluding hydrogens is 290 g/mol. The molecule has 1 N–H and O–H groups in total. The molecule has 2 aromatic rings. The quantitative estimate of drug-likeness (QED) is 0.943. The average Bonchev–Trinajstić information content (AvgIpc) is 2.48. The fourth-order valence-electron chi connectivity index (χ4n) is 1.80. The molecule has 2 rings (SSSR count). The predicted octanol–water partition coefficient (Wildman–Crippen LogP) is 3.16. The Labute approximate surface area is 125 Å². The van der Waals surface area contributed by atoms with Gasteiger partial charge in [-0.15, -0.1) is 0 Å². The van der Waals surface area contributed by atoms with Crippen molar-refractivity contribution in [1.82, 2.24) is 0 Å². The first-order chi connectivity index (χ1) is 10.5. The molecule has 6 heteroatoms. The van der Waals surface area contributed by atoms with Crippen molar-refractivity contribution in [2.75, 3.05) is 11.9 Å². The van der Waals surface area contributed by atoms with Gasteiger partial charge < -0.3 is 10.1 Å². The summed E-state index contributed by atoms with van der Waals surface area (Å²) in [5, 5.41) is 11.1. The van der Waals surface area contributed by atoms with Crippen LogP contribution >= 0.6 is 0 Å². The fraction of sp³-hybridized carbons (Fsp3) is 0.125. The van der Waals surface area contributed by atoms with Gasteiger partial charge in [-0.3, -0.25) is 4.79 Å². The maximum absolute atomic E-state index is 13.4. The molecule has 0 aliphatic rings. The van der Waals surface area contributed by atoms with Crippen LogP contribution in [0.4, 0.5) is 14.5 Å². The Morgan fingerprint density at radius 3 is 2.68 bits per heavy atom. The number of rotatable bonds is 4. The van der Waals surface area contributed by atoms with Crippen LogP contribution < -0.4 is 10.1 Å². The summed E-state index contributed by atoms with van der Waals surface area (Å²) in [6.45, 7) is 1.41. The first-order valence-corrected chi connectivity index (χ1v) is 6.38. The van der Waals surface area contributed by atoms with Crippen molar-refractivity contribution in [3.63, 3.8) is 0 Å². The summed E-state index contributed by atoms with van der Waals surface area (Å²) in [5.74, 6) is -1.70. The Morgan fingerprint density at radius 1 is 1.27 bits per heavy atom. The highest BCUT2D eigenvalue weighted by Crippen LogP contribution is 2.19. The zero-order valence-corrected chi connectivity index (χ0v) is 11.7. The molecule has 0 aliphatic carbocycles. The summed E-state index contributed by atoms with van der Waals surface area (Å²) in [7, 11) is 0. The van der Waals surface area contributed by atoms with Gasteiger partial charge in [-0.25, -0.2) is 8.78 Å². The maximum atomic E-state index is 13.4. The average molecular weight is 302 g/mol. The topological polar surface area (TPSA) is 62.1 Å². The van der Waals surface area contributed by atoms with Crippen molar-refractivity contribution >= 4 is 11.6 Å². The van der Waals surface area contributed by atoms with Gasteiger partial charge in [0.1, 0.15) is 17.4 Å². The molecule has 22 heavy (non-hydrogen) atoms. The van der Waals surface area contributed by atoms with E-state index in [4.69, 9.17) is 10.00 Å². The standard InChI is InChI=1S/C16H12F2N2O2/c1-10-6-11(8-19)2-5-15(10)22-9-16(21)20-14-4-3-12(17)7-13(14)18/h2-7H,9H2,1H3,(H,20,21). The number of ether oxygens (including phenoxy) is 1. The van der Waals surface area contributed by atoms with Gasteiger partial charge in [-0.1, -0.05) is 0 Å². The van der Waals surface area contributed by atoms with E-state index in [-0.39, 0.29) is 12.3 Å². The minimum atomic E-state index is -0.858. The maximum Gasteiger partial charge on any atom is 0.262 e. The Hall–Kier alpha value is -2.94. The lowest BCUT2D eigenvalue weighted by Gasteiger charge is -2.10. The SMILES string of the molecule is Cc1cc(C#N)ccc1OCC(=O)Nc1ccc(F)cc1F. The summed E-state index contributed by atoms with van der Waals surface area (Å²) < 4.78 is 31.5. The summed E-state index contributed by atoms with van der Waals surface area (Å²) in [6.07, 6.45) is 0. The van der Waals surface area contributed by atoms with E-state index in [9.17, 15) is 13.6 Å². The number of carbonyl (C=O) groups excluding carboxylic acids is 1. The summed E-state index contributed by atoms with van der Waals surface area (Å²) in [6, 6.07) is 9.64. The first kappa shape index (κ1) is 15.4. The molecule has 0 aromatic heterocycles. The second-order valence-electron chi connectivity index (χ2n) is 4.55. The van der Waals surface area contributed by atoms with E-state index in [0.29, 0.717) is 22.9 Å². The van der Waals surface area contributed by atoms with Gasteiger partial charge in [0.05, 0.1) is 17.3 Å². The Kier molecular flexibility index (Phi) is 4.69. The molecule has 0 atom stereocenters. The van der Waals surface area contributed by atoms with Gasteiger partial charge in [-0.2, -0.15) is 5.26 Å². The fourth-order valence-corrected chi connectivity index (χ4v) is 1.80. The predicted molar refractivity (Wildman–Crippen MR) is 76.4 cm³/mol. The van der Waals surface area contributed by atoms with Gasteiger partial charge >= 0.3 is 0 Å². The van der Waals surface area contributed by atoms with Crippen LogP contribution in [0.25, 0.3) is 0 Å². The molecule has 0 aliphatic heterocycles. The smallest absolute Gasteiger partial charge is 0.262 e. The second-order valence-corrected chi connectivity index (χ2v) is 4.55. The Balaban J connectivity index is 1.97. The lowest BCUT2D eigenvalue weighted by atomic mass is 10.1. The van der Waals surface area contributed by atoms with Crippen LogP contribution in [0, 0.1) is 29.9 Å². The number of benzene rings is 2. The van der Waals surface area contributed by atoms with Crippen molar-refractivity contribution in [2.24, 2.45) is 0 Å². The molecular formula is C16H12F2N2O2. The molecule has 2 aromatic carbocycles. The molecule has 4 nitrogen and oxygen atoms in total. The minimum absolute atomic E-state index is 0.119. The Bertz CT molecular complexity index is 754. The van der Waals surface area contributed by atoms with E-state index in [1.165, 1.54) is 0 Å². The number of hydrogen-bond donors (Lipinski definition) is 1. The normalized spacial score (nSPS) is 9.91. The van der Waals surface area contributed by atoms with Crippen LogP contribution in [0.2, 0.25) is 0 Å². The largest absolute Gasteiger partial charge is 0.483 e. The summed E-state index contributed by atoms with van der Waals surface area (Å²) in [5.41, 5.74) is 1.08. The van der Waals surface area contributed by atoms with Crippen LogP contribution in [0.3, 0.4) is 0 Å². The molecule has 0 heterocycles. The third-order valence-electron chi connectivity index (χ3n) is 2.87. The number of amides is 1. The molecule has 0 radical (unpaired) electrons. The highest BCUT2D eigenvalue weighted by Gasteiger charge is 2.09. The van der Waals surface area contributed by atoms with Crippen LogP contribution in [0.5, 0.6) is 5.75 Å². The third-order valence-corrected chi connectivity index (χ3v) is 2.87. The Morgan fingerprint density at radius 2 is 2.05 bits per heavy atom. The summed E-state index contributed by atoms with van der Waals surface area (Å²) in [4.78, 5) is 11.7. The molecule has 0 unspecified atom stereocenters. The van der Waals surface area contributed by atoms with E-state index in [0.717, 1.165) is 12.1 Å². The van der Waals surface area contributed by atoms with Gasteiger partial charge in [0.25, 0.3) is 5.91 Å². The number of halogens is 2. The lowest BCUT2D eigenvalue weighted by Crippen LogP contribution is -2.21. The van der Waals surface area contributed by atoms with E-state index in [2.05, 4.69) is 5.32 Å². The highest BCUT2D eigenvalue weighted by atomic mass is 19.1. The number of aryl methyl sites for hydroxylation is 1. The van der Waals surface area contributed by atoms with Crippen LogP contribution in [-0.2, 0) is 4.79 Å². The second kappa shape index (κ2) is 6.68. The lowest BCUT2D eigenvalue weighted by molar-refractivity contribution is -0.118. The van der Waals surface area contributed by atoms with Crippen LogP contribution in [0.15, 0.2) is 36.4 Å². The van der Waals surface area contributed by atoms with E-state index >= 15 is 0 Å². The van der Waals surface area contributed by atoms with Gasteiger partial charge in [0.2, 0.25) is 0 Å². The van der Waals surface area contributed by atoms with Crippen molar-refractivity contribution < 1.29 is 18.3 Å². The zero-order valence-electron chi connectivity index (χ0n) is 11.7. The number of nitriles is 1. The third kappa shape index (κ3) is 3.79. The molecule has 0 saturated heterocycles. The number of nitrogens with zero attached hydrogens (tertiary/aromatic N) is 1. The molecule has 0 fully saturated rings. The molecule has 0 saturated carbocycles. The number of carbonyl (C=O) groups is 1. The molecule has 1 amide bonds. The van der Waals surface area contributed by atoms with Crippen molar-refractivity contribution in [3.8, 4) is 11.8 Å². The van der Waals surface area contributed by atoms with Crippen LogP contribution in [0.1, 0.15) is 11.1 Å². The number of hydrogen-bond acceptors (Lipinski definition) is 3. The highest BCUT2D eigenvalue weighted by molar-refractivity contribution is 5.92. The van der Waals surface area contributed by atoms with Gasteiger partial charge in [0.15, 0.2) is 6.61 Å². The molecule has 0 bridgehead atoms. The zero-order chi connectivity index (χ0) is 16.1. The van der Waals surface area contributed by atoms with Gasteiger partial charge in [0, 0.05) is 6.07 Å². The van der Waals surface area contributed by atoms with Crippen molar-refractivity contribution in [3.05, 3.63) is 59.2 Å². The molecule has 112 valence electrons. The van der Waals surface area contributed by atoms with Gasteiger partial charge in [-0.05, 0) is 42.8 Å². The monoisotopic (exact) mass is 302 g/mol. The van der Waals surface area contributed by atoms with Crippen molar-refractivity contribution in [2.45, 2.75) is 6.92 Å². The van der Waals surface area contributed by atoms with E-state index in [1.807, 2.05) is 6.07 Å². The number of anilines is 1. The van der Waals surface area contributed by atoms with Crippen LogP contribution in [-0.4, -0.2) is 12.5 Å². The first-order valence-electron chi connectivity index (χ1n) is 6.38. The minimum Gasteiger partial charge on any atom is -0.483 e.